The van der Waals surface area contributed by atoms with E-state index in [1.54, 1.807) is 7.11 Å². The van der Waals surface area contributed by atoms with Crippen LogP contribution in [0.25, 0.3) is 17.0 Å². The van der Waals surface area contributed by atoms with Crippen LogP contribution in [-0.4, -0.2) is 21.7 Å². The molecule has 0 amide bonds. The average molecular weight is 225 g/mol. The quantitative estimate of drug-likeness (QED) is 0.672. The van der Waals surface area contributed by atoms with Crippen LogP contribution < -0.4 is 4.74 Å². The van der Waals surface area contributed by atoms with Crippen LogP contribution in [0.1, 0.15) is 0 Å². The van der Waals surface area contributed by atoms with Crippen molar-refractivity contribution in [3.05, 3.63) is 48.5 Å². The molecule has 2 heterocycles. The highest BCUT2D eigenvalue weighted by Crippen LogP contribution is 2.22. The Labute approximate surface area is 98.5 Å². The Balaban J connectivity index is 2.31. The highest BCUT2D eigenvalue weighted by Gasteiger charge is 2.10. The lowest BCUT2D eigenvalue weighted by Gasteiger charge is -2.05. The first-order chi connectivity index (χ1) is 8.40. The molecule has 0 radical (unpaired) electrons. The Kier molecular flexibility index (Phi) is 2.26. The summed E-state index contributed by atoms with van der Waals surface area (Å²) < 4.78 is 7.23. The zero-order chi connectivity index (χ0) is 11.7. The molecule has 3 rings (SSSR count). The molecule has 0 atom stereocenters. The lowest BCUT2D eigenvalue weighted by atomic mass is 10.2. The molecule has 0 saturated carbocycles. The van der Waals surface area contributed by atoms with Gasteiger partial charge in [-0.25, -0.2) is 4.40 Å². The maximum Gasteiger partial charge on any atom is 0.200 e. The van der Waals surface area contributed by atoms with Crippen molar-refractivity contribution in [2.45, 2.75) is 0 Å². The third-order valence-electron chi connectivity index (χ3n) is 2.63. The van der Waals surface area contributed by atoms with Crippen LogP contribution in [-0.2, 0) is 0 Å². The van der Waals surface area contributed by atoms with Gasteiger partial charge in [-0.1, -0.05) is 36.4 Å². The Bertz CT molecular complexity index is 646. The van der Waals surface area contributed by atoms with Gasteiger partial charge < -0.3 is 4.74 Å². The largest absolute Gasteiger partial charge is 0.482 e. The van der Waals surface area contributed by atoms with E-state index >= 15 is 0 Å². The molecular weight excluding hydrogens is 214 g/mol. The zero-order valence-electron chi connectivity index (χ0n) is 9.37. The van der Waals surface area contributed by atoms with Gasteiger partial charge in [0.05, 0.1) is 7.11 Å². The monoisotopic (exact) mass is 225 g/mol. The molecule has 0 aliphatic heterocycles. The van der Waals surface area contributed by atoms with Crippen molar-refractivity contribution in [1.82, 2.24) is 14.6 Å². The number of pyridine rings is 1. The minimum absolute atomic E-state index is 0.728. The van der Waals surface area contributed by atoms with E-state index in [4.69, 9.17) is 4.74 Å². The molecular formula is C13H11N3O. The molecule has 84 valence electrons. The van der Waals surface area contributed by atoms with E-state index in [0.717, 1.165) is 22.9 Å². The van der Waals surface area contributed by atoms with Crippen LogP contribution in [0.15, 0.2) is 48.5 Å². The van der Waals surface area contributed by atoms with Gasteiger partial charge in [0.25, 0.3) is 0 Å². The van der Waals surface area contributed by atoms with Gasteiger partial charge >= 0.3 is 0 Å². The molecule has 0 aliphatic rings. The second-order valence-electron chi connectivity index (χ2n) is 3.65. The van der Waals surface area contributed by atoms with E-state index in [-0.39, 0.29) is 0 Å². The van der Waals surface area contributed by atoms with Crippen molar-refractivity contribution < 1.29 is 4.74 Å². The highest BCUT2D eigenvalue weighted by molar-refractivity contribution is 5.60. The summed E-state index contributed by atoms with van der Waals surface area (Å²) in [5.41, 5.74) is 1.80. The van der Waals surface area contributed by atoms with Gasteiger partial charge in [0.15, 0.2) is 11.5 Å². The summed E-state index contributed by atoms with van der Waals surface area (Å²) in [6.45, 7) is 0. The van der Waals surface area contributed by atoms with Crippen molar-refractivity contribution >= 4 is 5.65 Å². The summed E-state index contributed by atoms with van der Waals surface area (Å²) in [7, 11) is 1.64. The summed E-state index contributed by atoms with van der Waals surface area (Å²) in [5, 5.41) is 8.34. The second kappa shape index (κ2) is 3.90. The Morgan fingerprint density at radius 1 is 0.941 bits per heavy atom. The van der Waals surface area contributed by atoms with Crippen molar-refractivity contribution in [3.8, 4) is 17.3 Å². The summed E-state index contributed by atoms with van der Waals surface area (Å²) in [5.74, 6) is 1.52. The third kappa shape index (κ3) is 1.54. The SMILES string of the molecule is COc1cccc2nnc(-c3ccccc3)n12. The maximum atomic E-state index is 5.33. The first-order valence-corrected chi connectivity index (χ1v) is 5.34. The normalized spacial score (nSPS) is 10.6. The van der Waals surface area contributed by atoms with Gasteiger partial charge in [-0.2, -0.15) is 0 Å². The molecule has 2 aromatic heterocycles. The molecule has 0 bridgehead atoms. The Morgan fingerprint density at radius 3 is 2.53 bits per heavy atom. The number of hydrogen-bond donors (Lipinski definition) is 0. The molecule has 3 aromatic rings. The third-order valence-corrected chi connectivity index (χ3v) is 2.63. The van der Waals surface area contributed by atoms with Gasteiger partial charge in [0.1, 0.15) is 0 Å². The van der Waals surface area contributed by atoms with Gasteiger partial charge in [-0.15, -0.1) is 10.2 Å². The van der Waals surface area contributed by atoms with E-state index < -0.39 is 0 Å². The molecule has 0 fully saturated rings. The molecule has 0 N–H and O–H groups in total. The number of ether oxygens (including phenoxy) is 1. The fraction of sp³-hybridized carbons (Fsp3) is 0.0769. The zero-order valence-corrected chi connectivity index (χ0v) is 9.37. The van der Waals surface area contributed by atoms with Crippen LogP contribution in [0.3, 0.4) is 0 Å². The minimum Gasteiger partial charge on any atom is -0.482 e. The first kappa shape index (κ1) is 9.84. The smallest absolute Gasteiger partial charge is 0.200 e. The van der Waals surface area contributed by atoms with Crippen molar-refractivity contribution in [2.24, 2.45) is 0 Å². The molecule has 17 heavy (non-hydrogen) atoms. The average Bonchev–Trinajstić information content (AvgIpc) is 2.83. The molecule has 4 heteroatoms. The van der Waals surface area contributed by atoms with Crippen LogP contribution in [0, 0.1) is 0 Å². The minimum atomic E-state index is 0.728. The number of fused-ring (bicyclic) bond motifs is 1. The number of rotatable bonds is 2. The van der Waals surface area contributed by atoms with Gasteiger partial charge in [0.2, 0.25) is 5.88 Å². The van der Waals surface area contributed by atoms with Gasteiger partial charge in [-0.05, 0) is 12.1 Å². The number of benzene rings is 1. The summed E-state index contributed by atoms with van der Waals surface area (Å²) >= 11 is 0. The summed E-state index contributed by atoms with van der Waals surface area (Å²) in [6, 6.07) is 15.6. The fourth-order valence-electron chi connectivity index (χ4n) is 1.85. The standard InChI is InChI=1S/C13H11N3O/c1-17-12-9-5-8-11-14-15-13(16(11)12)10-6-3-2-4-7-10/h2-9H,1H3. The second-order valence-corrected chi connectivity index (χ2v) is 3.65. The molecule has 0 unspecified atom stereocenters. The first-order valence-electron chi connectivity index (χ1n) is 5.34. The predicted molar refractivity (Wildman–Crippen MR) is 65.0 cm³/mol. The van der Waals surface area contributed by atoms with E-state index in [1.165, 1.54) is 0 Å². The highest BCUT2D eigenvalue weighted by atomic mass is 16.5. The van der Waals surface area contributed by atoms with Crippen molar-refractivity contribution in [2.75, 3.05) is 7.11 Å². The van der Waals surface area contributed by atoms with E-state index in [9.17, 15) is 0 Å². The van der Waals surface area contributed by atoms with E-state index in [1.807, 2.05) is 52.9 Å². The van der Waals surface area contributed by atoms with Crippen LogP contribution in [0.2, 0.25) is 0 Å². The summed E-state index contributed by atoms with van der Waals surface area (Å²) in [6.07, 6.45) is 0. The lowest BCUT2D eigenvalue weighted by Crippen LogP contribution is -1.95. The Morgan fingerprint density at radius 2 is 1.76 bits per heavy atom. The summed E-state index contributed by atoms with van der Waals surface area (Å²) in [4.78, 5) is 0. The van der Waals surface area contributed by atoms with Crippen LogP contribution in [0.5, 0.6) is 5.88 Å². The maximum absolute atomic E-state index is 5.33. The van der Waals surface area contributed by atoms with E-state index in [0.29, 0.717) is 0 Å². The number of aromatic nitrogens is 3. The fourth-order valence-corrected chi connectivity index (χ4v) is 1.85. The van der Waals surface area contributed by atoms with Crippen LogP contribution >= 0.6 is 0 Å². The Hall–Kier alpha value is -2.36. The molecule has 1 aromatic carbocycles. The molecule has 0 saturated heterocycles. The molecule has 0 aliphatic carbocycles. The van der Waals surface area contributed by atoms with E-state index in [2.05, 4.69) is 10.2 Å². The lowest BCUT2D eigenvalue weighted by molar-refractivity contribution is 0.393. The topological polar surface area (TPSA) is 39.4 Å². The van der Waals surface area contributed by atoms with Crippen molar-refractivity contribution in [3.63, 3.8) is 0 Å². The van der Waals surface area contributed by atoms with Gasteiger partial charge in [0, 0.05) is 5.56 Å². The number of nitrogens with zero attached hydrogens (tertiary/aromatic N) is 3. The number of hydrogen-bond acceptors (Lipinski definition) is 3. The predicted octanol–water partition coefficient (Wildman–Crippen LogP) is 2.40. The van der Waals surface area contributed by atoms with Crippen molar-refractivity contribution in [1.29, 1.82) is 0 Å². The molecule has 0 spiro atoms. The van der Waals surface area contributed by atoms with Crippen LogP contribution in [0.4, 0.5) is 0 Å². The number of methoxy groups -OCH3 is 1. The molecule has 4 nitrogen and oxygen atoms in total. The van der Waals surface area contributed by atoms with Gasteiger partial charge in [-0.3, -0.25) is 0 Å².